The zero-order valence-corrected chi connectivity index (χ0v) is 12.5. The minimum atomic E-state index is -3.79. The van der Waals surface area contributed by atoms with Gasteiger partial charge in [0.05, 0.1) is 9.82 Å². The van der Waals surface area contributed by atoms with Gasteiger partial charge in [0.2, 0.25) is 10.0 Å². The number of sulfonamides is 1. The van der Waals surface area contributed by atoms with E-state index in [1.807, 2.05) is 20.8 Å². The second-order valence-electron chi connectivity index (χ2n) is 5.32. The number of benzene rings is 1. The quantitative estimate of drug-likeness (QED) is 0.473. The van der Waals surface area contributed by atoms with Crippen LogP contribution >= 0.6 is 0 Å². The van der Waals surface area contributed by atoms with Crippen molar-refractivity contribution in [1.82, 2.24) is 4.72 Å². The summed E-state index contributed by atoms with van der Waals surface area (Å²) >= 11 is 0. The van der Waals surface area contributed by atoms with Crippen LogP contribution in [-0.2, 0) is 10.0 Å². The van der Waals surface area contributed by atoms with E-state index in [1.54, 1.807) is 0 Å². The van der Waals surface area contributed by atoms with E-state index in [0.717, 1.165) is 12.5 Å². The molecule has 0 aliphatic heterocycles. The van der Waals surface area contributed by atoms with Crippen LogP contribution in [0.3, 0.4) is 0 Å². The molecule has 20 heavy (non-hydrogen) atoms. The molecule has 0 radical (unpaired) electrons. The van der Waals surface area contributed by atoms with Crippen LogP contribution in [0.4, 0.5) is 11.4 Å². The average molecular weight is 301 g/mol. The fraction of sp³-hybridized carbons (Fsp3) is 0.500. The SMILES string of the molecule is CCC(C)(C)CNS(=O)(=O)c1ccc(N)c([N+](=O)[O-])c1. The molecular formula is C12H19N3O4S. The smallest absolute Gasteiger partial charge is 0.293 e. The number of nitrogens with one attached hydrogen (secondary N) is 1. The lowest BCUT2D eigenvalue weighted by Gasteiger charge is -2.22. The third kappa shape index (κ3) is 3.91. The number of nitrogen functional groups attached to an aromatic ring is 1. The molecule has 0 saturated carbocycles. The summed E-state index contributed by atoms with van der Waals surface area (Å²) in [5.74, 6) is 0. The molecule has 0 amide bonds. The largest absolute Gasteiger partial charge is 0.393 e. The van der Waals surface area contributed by atoms with Crippen LogP contribution in [0, 0.1) is 15.5 Å². The lowest BCUT2D eigenvalue weighted by atomic mass is 9.91. The van der Waals surface area contributed by atoms with Gasteiger partial charge in [0.25, 0.3) is 5.69 Å². The van der Waals surface area contributed by atoms with Gasteiger partial charge in [-0.05, 0) is 24.0 Å². The summed E-state index contributed by atoms with van der Waals surface area (Å²) in [6.45, 7) is 6.08. The number of nitro groups is 1. The van der Waals surface area contributed by atoms with E-state index in [-0.39, 0.29) is 22.5 Å². The van der Waals surface area contributed by atoms with E-state index >= 15 is 0 Å². The average Bonchev–Trinajstić information content (AvgIpc) is 2.36. The molecule has 0 aliphatic rings. The lowest BCUT2D eigenvalue weighted by Crippen LogP contribution is -2.33. The summed E-state index contributed by atoms with van der Waals surface area (Å²) in [5, 5.41) is 10.8. The Morgan fingerprint density at radius 3 is 2.50 bits per heavy atom. The molecule has 1 rings (SSSR count). The summed E-state index contributed by atoms with van der Waals surface area (Å²) in [6.07, 6.45) is 0.803. The molecule has 1 aromatic rings. The second-order valence-corrected chi connectivity index (χ2v) is 7.09. The second kappa shape index (κ2) is 5.76. The van der Waals surface area contributed by atoms with Gasteiger partial charge in [-0.3, -0.25) is 10.1 Å². The van der Waals surface area contributed by atoms with Crippen LogP contribution in [0.25, 0.3) is 0 Å². The Balaban J connectivity index is 3.05. The zero-order valence-electron chi connectivity index (χ0n) is 11.7. The van der Waals surface area contributed by atoms with E-state index in [9.17, 15) is 18.5 Å². The van der Waals surface area contributed by atoms with Crippen LogP contribution in [0.5, 0.6) is 0 Å². The number of rotatable bonds is 6. The van der Waals surface area contributed by atoms with Crippen LogP contribution in [-0.4, -0.2) is 19.9 Å². The zero-order chi connectivity index (χ0) is 15.6. The normalized spacial score (nSPS) is 12.3. The summed E-state index contributed by atoms with van der Waals surface area (Å²) in [6, 6.07) is 3.44. The molecule has 0 fully saturated rings. The fourth-order valence-electron chi connectivity index (χ4n) is 1.35. The Morgan fingerprint density at radius 2 is 2.00 bits per heavy atom. The van der Waals surface area contributed by atoms with Gasteiger partial charge < -0.3 is 5.73 Å². The number of nitrogens with zero attached hydrogens (tertiary/aromatic N) is 1. The van der Waals surface area contributed by atoms with Crippen molar-refractivity contribution in [3.8, 4) is 0 Å². The van der Waals surface area contributed by atoms with Gasteiger partial charge >= 0.3 is 0 Å². The molecule has 0 aromatic heterocycles. The number of nitrogens with two attached hydrogens (primary N) is 1. The first-order chi connectivity index (χ1) is 9.09. The highest BCUT2D eigenvalue weighted by Gasteiger charge is 2.23. The van der Waals surface area contributed by atoms with Gasteiger partial charge in [0, 0.05) is 12.6 Å². The Bertz CT molecular complexity index is 611. The lowest BCUT2D eigenvalue weighted by molar-refractivity contribution is -0.384. The Labute approximate surface area is 118 Å². The maximum absolute atomic E-state index is 12.1. The van der Waals surface area contributed by atoms with Gasteiger partial charge in [-0.15, -0.1) is 0 Å². The molecular weight excluding hydrogens is 282 g/mol. The van der Waals surface area contributed by atoms with E-state index in [2.05, 4.69) is 4.72 Å². The van der Waals surface area contributed by atoms with E-state index in [1.165, 1.54) is 12.1 Å². The molecule has 7 nitrogen and oxygen atoms in total. The molecule has 0 aliphatic carbocycles. The Hall–Kier alpha value is -1.67. The highest BCUT2D eigenvalue weighted by molar-refractivity contribution is 7.89. The van der Waals surface area contributed by atoms with Crippen LogP contribution in [0.1, 0.15) is 27.2 Å². The molecule has 0 heterocycles. The molecule has 1 aromatic carbocycles. The van der Waals surface area contributed by atoms with Gasteiger partial charge in [-0.1, -0.05) is 20.8 Å². The third-order valence-corrected chi connectivity index (χ3v) is 4.61. The minimum absolute atomic E-state index is 0.0668. The number of hydrogen-bond acceptors (Lipinski definition) is 5. The van der Waals surface area contributed by atoms with Crippen LogP contribution in [0.15, 0.2) is 23.1 Å². The van der Waals surface area contributed by atoms with Gasteiger partial charge in [0.15, 0.2) is 0 Å². The van der Waals surface area contributed by atoms with Crippen molar-refractivity contribution in [3.63, 3.8) is 0 Å². The number of anilines is 1. The van der Waals surface area contributed by atoms with E-state index in [0.29, 0.717) is 0 Å². The van der Waals surface area contributed by atoms with Crippen molar-refractivity contribution in [2.45, 2.75) is 32.1 Å². The molecule has 0 bridgehead atoms. The monoisotopic (exact) mass is 301 g/mol. The molecule has 0 unspecified atom stereocenters. The summed E-state index contributed by atoms with van der Waals surface area (Å²) in [4.78, 5) is 9.91. The Morgan fingerprint density at radius 1 is 1.40 bits per heavy atom. The summed E-state index contributed by atoms with van der Waals surface area (Å²) < 4.78 is 26.7. The van der Waals surface area contributed by atoms with Gasteiger partial charge in [-0.2, -0.15) is 0 Å². The predicted molar refractivity (Wildman–Crippen MR) is 76.8 cm³/mol. The highest BCUT2D eigenvalue weighted by Crippen LogP contribution is 2.25. The standard InChI is InChI=1S/C12H19N3O4S/c1-4-12(2,3)8-14-20(18,19)9-5-6-10(13)11(7-9)15(16)17/h5-7,14H,4,8,13H2,1-3H3. The van der Waals surface area contributed by atoms with Gasteiger partial charge in [-0.25, -0.2) is 13.1 Å². The van der Waals surface area contributed by atoms with Crippen LogP contribution in [0.2, 0.25) is 0 Å². The van der Waals surface area contributed by atoms with E-state index < -0.39 is 20.6 Å². The summed E-state index contributed by atoms with van der Waals surface area (Å²) in [7, 11) is -3.79. The van der Waals surface area contributed by atoms with Crippen molar-refractivity contribution in [2.75, 3.05) is 12.3 Å². The first-order valence-corrected chi connectivity index (χ1v) is 7.61. The Kier molecular flexibility index (Phi) is 4.72. The minimum Gasteiger partial charge on any atom is -0.393 e. The van der Waals surface area contributed by atoms with Crippen molar-refractivity contribution in [3.05, 3.63) is 28.3 Å². The predicted octanol–water partition coefficient (Wildman–Crippen LogP) is 1.89. The van der Waals surface area contributed by atoms with Crippen molar-refractivity contribution >= 4 is 21.4 Å². The maximum Gasteiger partial charge on any atom is 0.293 e. The molecule has 0 atom stereocenters. The molecule has 3 N–H and O–H groups in total. The van der Waals surface area contributed by atoms with Crippen molar-refractivity contribution in [1.29, 1.82) is 0 Å². The molecule has 0 spiro atoms. The number of hydrogen-bond donors (Lipinski definition) is 2. The van der Waals surface area contributed by atoms with Gasteiger partial charge in [0.1, 0.15) is 5.69 Å². The topological polar surface area (TPSA) is 115 Å². The highest BCUT2D eigenvalue weighted by atomic mass is 32.2. The molecule has 8 heteroatoms. The summed E-state index contributed by atoms with van der Waals surface area (Å²) in [5.41, 5.74) is 4.77. The molecule has 112 valence electrons. The fourth-order valence-corrected chi connectivity index (χ4v) is 2.61. The van der Waals surface area contributed by atoms with E-state index in [4.69, 9.17) is 5.73 Å². The first-order valence-electron chi connectivity index (χ1n) is 6.12. The van der Waals surface area contributed by atoms with Crippen molar-refractivity contribution < 1.29 is 13.3 Å². The third-order valence-electron chi connectivity index (χ3n) is 3.21. The number of nitro benzene ring substituents is 1. The van der Waals surface area contributed by atoms with Crippen LogP contribution < -0.4 is 10.5 Å². The van der Waals surface area contributed by atoms with Crippen molar-refractivity contribution in [2.24, 2.45) is 5.41 Å². The first kappa shape index (κ1) is 16.4. The maximum atomic E-state index is 12.1. The molecule has 0 saturated heterocycles.